The van der Waals surface area contributed by atoms with Crippen molar-refractivity contribution in [1.29, 1.82) is 0 Å². The highest BCUT2D eigenvalue weighted by atomic mass is 19.1. The van der Waals surface area contributed by atoms with E-state index in [9.17, 15) is 8.78 Å². The summed E-state index contributed by atoms with van der Waals surface area (Å²) in [6, 6.07) is 3.02. The van der Waals surface area contributed by atoms with E-state index in [1.54, 1.807) is 7.11 Å². The van der Waals surface area contributed by atoms with Crippen LogP contribution in [0.3, 0.4) is 0 Å². The van der Waals surface area contributed by atoms with E-state index in [2.05, 4.69) is 5.43 Å². The van der Waals surface area contributed by atoms with Gasteiger partial charge in [-0.25, -0.2) is 8.78 Å². The van der Waals surface area contributed by atoms with Gasteiger partial charge in [-0.2, -0.15) is 0 Å². The SMILES string of the molecule is COCCC(NN)c1cc(F)cc(F)c1. The molecule has 3 N–H and O–H groups in total. The van der Waals surface area contributed by atoms with Crippen molar-refractivity contribution in [3.63, 3.8) is 0 Å². The van der Waals surface area contributed by atoms with Gasteiger partial charge < -0.3 is 4.74 Å². The molecule has 3 nitrogen and oxygen atoms in total. The quantitative estimate of drug-likeness (QED) is 0.579. The minimum Gasteiger partial charge on any atom is -0.385 e. The summed E-state index contributed by atoms with van der Waals surface area (Å²) in [5.74, 6) is 4.08. The van der Waals surface area contributed by atoms with E-state index in [0.717, 1.165) is 6.07 Å². The predicted molar refractivity (Wildman–Crippen MR) is 52.9 cm³/mol. The second kappa shape index (κ2) is 5.75. The molecule has 0 saturated carbocycles. The molecular formula is C10H14F2N2O. The summed E-state index contributed by atoms with van der Waals surface area (Å²) in [5, 5.41) is 0. The smallest absolute Gasteiger partial charge is 0.126 e. The summed E-state index contributed by atoms with van der Waals surface area (Å²) < 4.78 is 30.7. The third-order valence-electron chi connectivity index (χ3n) is 2.10. The molecule has 0 heterocycles. The molecule has 0 saturated heterocycles. The average Bonchev–Trinajstić information content (AvgIpc) is 2.17. The maximum Gasteiger partial charge on any atom is 0.126 e. The number of rotatable bonds is 5. The minimum atomic E-state index is -0.609. The first-order chi connectivity index (χ1) is 7.17. The number of hydrogen-bond acceptors (Lipinski definition) is 3. The van der Waals surface area contributed by atoms with Crippen molar-refractivity contribution in [3.8, 4) is 0 Å². The molecule has 0 radical (unpaired) electrons. The molecule has 0 bridgehead atoms. The van der Waals surface area contributed by atoms with Crippen molar-refractivity contribution in [2.24, 2.45) is 5.84 Å². The van der Waals surface area contributed by atoms with Crippen LogP contribution in [0.15, 0.2) is 18.2 Å². The van der Waals surface area contributed by atoms with Gasteiger partial charge in [-0.05, 0) is 24.1 Å². The number of nitrogens with two attached hydrogens (primary N) is 1. The van der Waals surface area contributed by atoms with E-state index in [1.807, 2.05) is 0 Å². The number of ether oxygens (including phenoxy) is 1. The Morgan fingerprint density at radius 1 is 1.33 bits per heavy atom. The van der Waals surface area contributed by atoms with Crippen LogP contribution in [-0.4, -0.2) is 13.7 Å². The Kier molecular flexibility index (Phi) is 4.61. The predicted octanol–water partition coefficient (Wildman–Crippen LogP) is 1.51. The van der Waals surface area contributed by atoms with Gasteiger partial charge in [0.25, 0.3) is 0 Å². The lowest BCUT2D eigenvalue weighted by atomic mass is 10.0. The highest BCUT2D eigenvalue weighted by Gasteiger charge is 2.11. The summed E-state index contributed by atoms with van der Waals surface area (Å²) >= 11 is 0. The number of hydrogen-bond donors (Lipinski definition) is 2. The summed E-state index contributed by atoms with van der Waals surface area (Å²) in [6.07, 6.45) is 0.551. The maximum absolute atomic E-state index is 12.9. The van der Waals surface area contributed by atoms with Crippen LogP contribution in [0.1, 0.15) is 18.0 Å². The van der Waals surface area contributed by atoms with Crippen molar-refractivity contribution >= 4 is 0 Å². The first-order valence-corrected chi connectivity index (χ1v) is 4.58. The van der Waals surface area contributed by atoms with Gasteiger partial charge in [0.05, 0.1) is 0 Å². The molecule has 0 aromatic heterocycles. The van der Waals surface area contributed by atoms with E-state index in [4.69, 9.17) is 10.6 Å². The molecule has 1 aromatic carbocycles. The van der Waals surface area contributed by atoms with Gasteiger partial charge in [-0.1, -0.05) is 0 Å². The Labute approximate surface area is 87.2 Å². The molecule has 84 valence electrons. The lowest BCUT2D eigenvalue weighted by Gasteiger charge is -2.15. The van der Waals surface area contributed by atoms with Gasteiger partial charge in [0.2, 0.25) is 0 Å². The van der Waals surface area contributed by atoms with Crippen molar-refractivity contribution in [3.05, 3.63) is 35.4 Å². The minimum absolute atomic E-state index is 0.310. The van der Waals surface area contributed by atoms with Crippen molar-refractivity contribution in [1.82, 2.24) is 5.43 Å². The number of hydrazine groups is 1. The molecule has 1 atom stereocenters. The van der Waals surface area contributed by atoms with Gasteiger partial charge >= 0.3 is 0 Å². The molecule has 15 heavy (non-hydrogen) atoms. The maximum atomic E-state index is 12.9. The van der Waals surface area contributed by atoms with Crippen LogP contribution in [-0.2, 0) is 4.74 Å². The van der Waals surface area contributed by atoms with Crippen molar-refractivity contribution < 1.29 is 13.5 Å². The largest absolute Gasteiger partial charge is 0.385 e. The zero-order valence-corrected chi connectivity index (χ0v) is 8.47. The molecule has 1 unspecified atom stereocenters. The number of nitrogens with one attached hydrogen (secondary N) is 1. The zero-order chi connectivity index (χ0) is 11.3. The third kappa shape index (κ3) is 3.54. The van der Waals surface area contributed by atoms with Gasteiger partial charge in [-0.3, -0.25) is 11.3 Å². The first kappa shape index (κ1) is 12.0. The molecule has 0 aliphatic carbocycles. The van der Waals surface area contributed by atoms with E-state index in [0.29, 0.717) is 18.6 Å². The molecule has 5 heteroatoms. The summed E-state index contributed by atoms with van der Waals surface area (Å²) in [6.45, 7) is 0.465. The Balaban J connectivity index is 2.81. The third-order valence-corrected chi connectivity index (χ3v) is 2.10. The van der Waals surface area contributed by atoms with Crippen molar-refractivity contribution in [2.45, 2.75) is 12.5 Å². The number of benzene rings is 1. The molecule has 1 aromatic rings. The highest BCUT2D eigenvalue weighted by molar-refractivity contribution is 5.21. The fourth-order valence-electron chi connectivity index (χ4n) is 1.36. The van der Waals surface area contributed by atoms with E-state index in [1.165, 1.54) is 12.1 Å². The first-order valence-electron chi connectivity index (χ1n) is 4.58. The van der Waals surface area contributed by atoms with Crippen LogP contribution in [0.2, 0.25) is 0 Å². The fraction of sp³-hybridized carbons (Fsp3) is 0.400. The molecule has 0 aliphatic rings. The standard InChI is InChI=1S/C10H14F2N2O/c1-15-3-2-10(14-13)7-4-8(11)6-9(12)5-7/h4-6,10,14H,2-3,13H2,1H3. The van der Waals surface area contributed by atoms with E-state index >= 15 is 0 Å². The Bertz CT molecular complexity index is 300. The lowest BCUT2D eigenvalue weighted by molar-refractivity contribution is 0.183. The Morgan fingerprint density at radius 2 is 1.93 bits per heavy atom. The molecule has 1 rings (SSSR count). The summed E-state index contributed by atoms with van der Waals surface area (Å²) in [5.41, 5.74) is 2.97. The molecular weight excluding hydrogens is 202 g/mol. The van der Waals surface area contributed by atoms with Crippen LogP contribution in [0, 0.1) is 11.6 Å². The summed E-state index contributed by atoms with van der Waals surface area (Å²) in [4.78, 5) is 0. The Morgan fingerprint density at radius 3 is 2.40 bits per heavy atom. The number of halogens is 2. The van der Waals surface area contributed by atoms with Crippen LogP contribution >= 0.6 is 0 Å². The van der Waals surface area contributed by atoms with E-state index < -0.39 is 11.6 Å². The fourth-order valence-corrected chi connectivity index (χ4v) is 1.36. The highest BCUT2D eigenvalue weighted by Crippen LogP contribution is 2.18. The lowest BCUT2D eigenvalue weighted by Crippen LogP contribution is -2.29. The Hall–Kier alpha value is -1.04. The average molecular weight is 216 g/mol. The van der Waals surface area contributed by atoms with Gasteiger partial charge in [0.15, 0.2) is 0 Å². The topological polar surface area (TPSA) is 47.3 Å². The van der Waals surface area contributed by atoms with Gasteiger partial charge in [0, 0.05) is 25.8 Å². The zero-order valence-electron chi connectivity index (χ0n) is 8.47. The van der Waals surface area contributed by atoms with Crippen molar-refractivity contribution in [2.75, 3.05) is 13.7 Å². The second-order valence-electron chi connectivity index (χ2n) is 3.20. The van der Waals surface area contributed by atoms with Crippen LogP contribution < -0.4 is 11.3 Å². The van der Waals surface area contributed by atoms with Crippen LogP contribution in [0.4, 0.5) is 8.78 Å². The molecule has 0 fully saturated rings. The van der Waals surface area contributed by atoms with E-state index in [-0.39, 0.29) is 6.04 Å². The van der Waals surface area contributed by atoms with Gasteiger partial charge in [0.1, 0.15) is 11.6 Å². The molecule has 0 aliphatic heterocycles. The number of methoxy groups -OCH3 is 1. The normalized spacial score (nSPS) is 12.8. The second-order valence-corrected chi connectivity index (χ2v) is 3.20. The summed E-state index contributed by atoms with van der Waals surface area (Å²) in [7, 11) is 1.56. The van der Waals surface area contributed by atoms with Crippen LogP contribution in [0.5, 0.6) is 0 Å². The van der Waals surface area contributed by atoms with Gasteiger partial charge in [-0.15, -0.1) is 0 Å². The molecule has 0 amide bonds. The van der Waals surface area contributed by atoms with Crippen LogP contribution in [0.25, 0.3) is 0 Å². The molecule has 0 spiro atoms. The monoisotopic (exact) mass is 216 g/mol.